The van der Waals surface area contributed by atoms with Crippen molar-refractivity contribution in [3.05, 3.63) is 76.7 Å². The van der Waals surface area contributed by atoms with Crippen molar-refractivity contribution >= 4 is 40.4 Å². The van der Waals surface area contributed by atoms with Crippen molar-refractivity contribution in [3.8, 4) is 11.1 Å². The van der Waals surface area contributed by atoms with Crippen molar-refractivity contribution in [2.75, 3.05) is 18.2 Å². The zero-order valence-corrected chi connectivity index (χ0v) is 20.8. The lowest BCUT2D eigenvalue weighted by molar-refractivity contribution is -0.113. The summed E-state index contributed by atoms with van der Waals surface area (Å²) in [5, 5.41) is 3.21. The molecule has 0 bridgehead atoms. The number of aromatic nitrogens is 3. The monoisotopic (exact) mass is 490 g/mol. The summed E-state index contributed by atoms with van der Waals surface area (Å²) >= 11 is 1.18. The first kappa shape index (κ1) is 24.3. The van der Waals surface area contributed by atoms with E-state index in [-0.39, 0.29) is 28.8 Å². The summed E-state index contributed by atoms with van der Waals surface area (Å²) < 4.78 is 8.20. The Balaban J connectivity index is 1.68. The second kappa shape index (κ2) is 10.2. The summed E-state index contributed by atoms with van der Waals surface area (Å²) in [6.07, 6.45) is 1.91. The van der Waals surface area contributed by atoms with Crippen LogP contribution in [-0.4, -0.2) is 38.9 Å². The number of nitrogens with one attached hydrogen (secondary N) is 1. The summed E-state index contributed by atoms with van der Waals surface area (Å²) in [7, 11) is 3.12. The predicted octanol–water partition coefficient (Wildman–Crippen LogP) is 4.50. The molecule has 1 N–H and O–H groups in total. The van der Waals surface area contributed by atoms with Crippen LogP contribution in [0, 0.1) is 0 Å². The number of fused-ring (bicyclic) bond motifs is 1. The van der Waals surface area contributed by atoms with Crippen molar-refractivity contribution in [1.82, 2.24) is 14.1 Å². The second-order valence-electron chi connectivity index (χ2n) is 8.25. The highest BCUT2D eigenvalue weighted by Gasteiger charge is 2.21. The van der Waals surface area contributed by atoms with Gasteiger partial charge < -0.3 is 14.6 Å². The number of hydrogen-bond donors (Lipinski definition) is 1. The molecule has 4 aromatic rings. The van der Waals surface area contributed by atoms with Gasteiger partial charge in [0.1, 0.15) is 11.0 Å². The number of carbonyl (C=O) groups is 2. The van der Waals surface area contributed by atoms with E-state index >= 15 is 0 Å². The molecule has 0 aliphatic rings. The van der Waals surface area contributed by atoms with E-state index in [4.69, 9.17) is 9.72 Å². The van der Waals surface area contributed by atoms with Crippen molar-refractivity contribution in [2.45, 2.75) is 25.0 Å². The smallest absolute Gasteiger partial charge is 0.339 e. The Labute approximate surface area is 206 Å². The quantitative estimate of drug-likeness (QED) is 0.233. The number of carbonyl (C=O) groups excluding carboxylic acids is 2. The fourth-order valence-corrected chi connectivity index (χ4v) is 4.83. The van der Waals surface area contributed by atoms with Gasteiger partial charge in [-0.05, 0) is 31.5 Å². The summed E-state index contributed by atoms with van der Waals surface area (Å²) in [5.74, 6) is -0.854. The van der Waals surface area contributed by atoms with E-state index < -0.39 is 5.97 Å². The van der Waals surface area contributed by atoms with Crippen LogP contribution in [0.4, 0.5) is 5.69 Å². The van der Waals surface area contributed by atoms with Crippen LogP contribution in [0.2, 0.25) is 0 Å². The molecule has 2 aromatic heterocycles. The number of hydrogen-bond acceptors (Lipinski definition) is 6. The maximum atomic E-state index is 13.5. The molecule has 0 fully saturated rings. The largest absolute Gasteiger partial charge is 0.465 e. The van der Waals surface area contributed by atoms with Gasteiger partial charge in [-0.2, -0.15) is 0 Å². The Morgan fingerprint density at radius 2 is 1.77 bits per heavy atom. The summed E-state index contributed by atoms with van der Waals surface area (Å²) in [4.78, 5) is 43.1. The number of nitrogens with zero attached hydrogens (tertiary/aromatic N) is 3. The second-order valence-corrected chi connectivity index (χ2v) is 9.20. The minimum Gasteiger partial charge on any atom is -0.465 e. The standard InChI is InChI=1S/C26H26N4O4S/c1-16(2)30-24(32)23-22(19(14-29(23)3)17-10-6-5-7-11-17)28-26(30)35-15-21(31)27-20-13-9-8-12-18(20)25(33)34-4/h5-14,16H,15H2,1-4H3,(H,27,31). The number of anilines is 1. The minimum atomic E-state index is -0.535. The van der Waals surface area contributed by atoms with Crippen LogP contribution >= 0.6 is 11.8 Å². The van der Waals surface area contributed by atoms with E-state index in [2.05, 4.69) is 5.32 Å². The highest BCUT2D eigenvalue weighted by atomic mass is 32.2. The number of esters is 1. The molecule has 0 aliphatic carbocycles. The maximum absolute atomic E-state index is 13.5. The van der Waals surface area contributed by atoms with Crippen LogP contribution in [-0.2, 0) is 16.6 Å². The molecule has 180 valence electrons. The molecule has 0 unspecified atom stereocenters. The van der Waals surface area contributed by atoms with Gasteiger partial charge in [-0.3, -0.25) is 14.2 Å². The molecule has 0 saturated carbocycles. The Hall–Kier alpha value is -3.85. The average Bonchev–Trinajstić information content (AvgIpc) is 3.19. The fraction of sp³-hybridized carbons (Fsp3) is 0.231. The number of thioether (sulfide) groups is 1. The highest BCUT2D eigenvalue weighted by Crippen LogP contribution is 2.30. The van der Waals surface area contributed by atoms with Gasteiger partial charge in [0, 0.05) is 24.8 Å². The molecule has 0 radical (unpaired) electrons. The Morgan fingerprint density at radius 3 is 2.46 bits per heavy atom. The van der Waals surface area contributed by atoms with E-state index in [1.54, 1.807) is 33.4 Å². The van der Waals surface area contributed by atoms with Crippen molar-refractivity contribution in [1.29, 1.82) is 0 Å². The molecule has 4 rings (SSSR count). The van der Waals surface area contributed by atoms with Crippen LogP contribution in [0.15, 0.2) is 70.7 Å². The number of methoxy groups -OCH3 is 1. The van der Waals surface area contributed by atoms with Crippen molar-refractivity contribution < 1.29 is 14.3 Å². The van der Waals surface area contributed by atoms with Crippen LogP contribution < -0.4 is 10.9 Å². The molecule has 0 saturated heterocycles. The number of rotatable bonds is 7. The molecule has 2 heterocycles. The zero-order chi connectivity index (χ0) is 25.1. The third kappa shape index (κ3) is 4.85. The molecule has 0 aliphatic heterocycles. The fourth-order valence-electron chi connectivity index (χ4n) is 3.91. The predicted molar refractivity (Wildman–Crippen MR) is 138 cm³/mol. The molecule has 1 amide bonds. The lowest BCUT2D eigenvalue weighted by Crippen LogP contribution is -2.26. The molecule has 2 aromatic carbocycles. The minimum absolute atomic E-state index is 0.00762. The lowest BCUT2D eigenvalue weighted by Gasteiger charge is -2.16. The lowest BCUT2D eigenvalue weighted by atomic mass is 10.1. The van der Waals surface area contributed by atoms with E-state index in [0.29, 0.717) is 21.9 Å². The number of ether oxygens (including phenoxy) is 1. The number of amides is 1. The number of para-hydroxylation sites is 1. The first-order valence-corrected chi connectivity index (χ1v) is 12.1. The molecule has 0 spiro atoms. The Morgan fingerprint density at radius 1 is 1.09 bits per heavy atom. The molecule has 35 heavy (non-hydrogen) atoms. The molecular formula is C26H26N4O4S. The molecule has 9 heteroatoms. The van der Waals surface area contributed by atoms with Gasteiger partial charge in [-0.15, -0.1) is 0 Å². The normalized spacial score (nSPS) is 11.1. The van der Waals surface area contributed by atoms with Gasteiger partial charge in [0.05, 0.1) is 24.1 Å². The van der Waals surface area contributed by atoms with Gasteiger partial charge in [0.25, 0.3) is 5.56 Å². The average molecular weight is 491 g/mol. The van der Waals surface area contributed by atoms with E-state index in [1.165, 1.54) is 18.9 Å². The molecule has 0 atom stereocenters. The van der Waals surface area contributed by atoms with Crippen LogP contribution in [0.25, 0.3) is 22.2 Å². The maximum Gasteiger partial charge on any atom is 0.339 e. The third-order valence-electron chi connectivity index (χ3n) is 5.53. The topological polar surface area (TPSA) is 95.2 Å². The first-order valence-electron chi connectivity index (χ1n) is 11.1. The first-order chi connectivity index (χ1) is 16.8. The number of aryl methyl sites for hydroxylation is 1. The van der Waals surface area contributed by atoms with Crippen LogP contribution in [0.3, 0.4) is 0 Å². The van der Waals surface area contributed by atoms with Crippen LogP contribution in [0.1, 0.15) is 30.2 Å². The van der Waals surface area contributed by atoms with E-state index in [1.807, 2.05) is 57.4 Å². The molecule has 8 nitrogen and oxygen atoms in total. The summed E-state index contributed by atoms with van der Waals surface area (Å²) in [6.45, 7) is 3.82. The van der Waals surface area contributed by atoms with Crippen molar-refractivity contribution in [3.63, 3.8) is 0 Å². The van der Waals surface area contributed by atoms with E-state index in [0.717, 1.165) is 11.1 Å². The van der Waals surface area contributed by atoms with Gasteiger partial charge >= 0.3 is 5.97 Å². The third-order valence-corrected chi connectivity index (χ3v) is 6.48. The van der Waals surface area contributed by atoms with Gasteiger partial charge in [0.2, 0.25) is 5.91 Å². The number of benzene rings is 2. The zero-order valence-electron chi connectivity index (χ0n) is 19.9. The highest BCUT2D eigenvalue weighted by molar-refractivity contribution is 7.99. The van der Waals surface area contributed by atoms with E-state index in [9.17, 15) is 14.4 Å². The SMILES string of the molecule is COC(=O)c1ccccc1NC(=O)CSc1nc2c(-c3ccccc3)cn(C)c2c(=O)n1C(C)C. The molecular weight excluding hydrogens is 464 g/mol. The van der Waals surface area contributed by atoms with Crippen LogP contribution in [0.5, 0.6) is 0 Å². The van der Waals surface area contributed by atoms with Gasteiger partial charge in [0.15, 0.2) is 5.16 Å². The van der Waals surface area contributed by atoms with Gasteiger partial charge in [-0.25, -0.2) is 9.78 Å². The Kier molecular flexibility index (Phi) is 7.07. The Bertz CT molecular complexity index is 1460. The summed E-state index contributed by atoms with van der Waals surface area (Å²) in [6, 6.07) is 16.3. The van der Waals surface area contributed by atoms with Crippen molar-refractivity contribution in [2.24, 2.45) is 7.05 Å². The summed E-state index contributed by atoms with van der Waals surface area (Å²) in [5.41, 5.74) is 3.40. The van der Waals surface area contributed by atoms with Gasteiger partial charge in [-0.1, -0.05) is 54.2 Å².